The zero-order valence-corrected chi connectivity index (χ0v) is 14.3. The van der Waals surface area contributed by atoms with E-state index in [9.17, 15) is 16.8 Å². The maximum absolute atomic E-state index is 12.4. The van der Waals surface area contributed by atoms with Crippen LogP contribution in [0.3, 0.4) is 0 Å². The van der Waals surface area contributed by atoms with Gasteiger partial charge in [-0.1, -0.05) is 6.07 Å². The van der Waals surface area contributed by atoms with Crippen LogP contribution < -0.4 is 9.86 Å². The average molecular weight is 379 g/mol. The number of H-pyrrole nitrogens is 1. The Morgan fingerprint density at radius 3 is 2.44 bits per heavy atom. The maximum atomic E-state index is 12.4. The number of nitrogens with one attached hydrogen (secondary N) is 2. The van der Waals surface area contributed by atoms with Crippen LogP contribution >= 0.6 is 0 Å². The highest BCUT2D eigenvalue weighted by Crippen LogP contribution is 2.21. The third-order valence-corrected chi connectivity index (χ3v) is 5.50. The van der Waals surface area contributed by atoms with Crippen LogP contribution in [0.15, 0.2) is 64.6 Å². The van der Waals surface area contributed by atoms with Crippen LogP contribution in [-0.2, 0) is 20.0 Å². The van der Waals surface area contributed by atoms with Crippen LogP contribution in [0.2, 0.25) is 0 Å². The summed E-state index contributed by atoms with van der Waals surface area (Å²) in [6, 6.07) is 9.76. The van der Waals surface area contributed by atoms with Crippen LogP contribution in [0.1, 0.15) is 0 Å². The number of aromatic amines is 1. The Hall–Kier alpha value is -2.76. The Morgan fingerprint density at radius 2 is 1.76 bits per heavy atom. The van der Waals surface area contributed by atoms with E-state index in [0.717, 1.165) is 11.6 Å². The molecular weight excluding hydrogens is 366 g/mol. The molecule has 9 nitrogen and oxygen atoms in total. The van der Waals surface area contributed by atoms with Crippen LogP contribution in [-0.4, -0.2) is 32.0 Å². The molecule has 2 heterocycles. The summed E-state index contributed by atoms with van der Waals surface area (Å²) >= 11 is 0. The number of nitrogens with two attached hydrogens (primary N) is 1. The van der Waals surface area contributed by atoms with Crippen molar-refractivity contribution in [2.24, 2.45) is 5.14 Å². The summed E-state index contributed by atoms with van der Waals surface area (Å²) in [6.45, 7) is 0. The highest BCUT2D eigenvalue weighted by atomic mass is 32.2. The minimum Gasteiger partial charge on any atom is -0.276 e. The first kappa shape index (κ1) is 17.1. The first-order valence-electron chi connectivity index (χ1n) is 6.87. The summed E-state index contributed by atoms with van der Waals surface area (Å²) in [5, 5.41) is 11.6. The van der Waals surface area contributed by atoms with E-state index in [1.807, 2.05) is 0 Å². The number of hydrogen-bond acceptors (Lipinski definition) is 6. The molecule has 0 atom stereocenters. The van der Waals surface area contributed by atoms with Gasteiger partial charge in [0, 0.05) is 24.0 Å². The number of benzene rings is 1. The fourth-order valence-electron chi connectivity index (χ4n) is 2.06. The van der Waals surface area contributed by atoms with Gasteiger partial charge in [0.05, 0.1) is 15.5 Å². The molecule has 0 saturated carbocycles. The van der Waals surface area contributed by atoms with E-state index in [0.29, 0.717) is 5.69 Å². The Bertz CT molecular complexity index is 1110. The van der Waals surface area contributed by atoms with Crippen molar-refractivity contribution in [3.63, 3.8) is 0 Å². The predicted molar refractivity (Wildman–Crippen MR) is 90.4 cm³/mol. The molecule has 0 spiro atoms. The van der Waals surface area contributed by atoms with E-state index >= 15 is 0 Å². The maximum Gasteiger partial charge on any atom is 0.263 e. The van der Waals surface area contributed by atoms with Crippen molar-refractivity contribution in [3.05, 3.63) is 54.9 Å². The molecule has 0 radical (unpaired) electrons. The van der Waals surface area contributed by atoms with Gasteiger partial charge < -0.3 is 0 Å². The monoisotopic (exact) mass is 379 g/mol. The highest BCUT2D eigenvalue weighted by Gasteiger charge is 2.19. The number of anilines is 1. The summed E-state index contributed by atoms with van der Waals surface area (Å²) in [5.74, 6) is 0.0554. The van der Waals surface area contributed by atoms with Gasteiger partial charge in [-0.15, -0.1) is 0 Å². The molecule has 3 rings (SSSR count). The fourth-order valence-corrected chi connectivity index (χ4v) is 3.73. The number of aromatic nitrogens is 3. The Balaban J connectivity index is 1.89. The lowest BCUT2D eigenvalue weighted by atomic mass is 10.2. The summed E-state index contributed by atoms with van der Waals surface area (Å²) in [4.78, 5) is 3.43. The van der Waals surface area contributed by atoms with Crippen molar-refractivity contribution < 1.29 is 16.8 Å². The number of primary sulfonamides is 1. The molecule has 25 heavy (non-hydrogen) atoms. The molecule has 0 fully saturated rings. The molecular formula is C14H13N5O4S2. The summed E-state index contributed by atoms with van der Waals surface area (Å²) in [6.07, 6.45) is 3.21. The average Bonchev–Trinajstić information content (AvgIpc) is 3.03. The summed E-state index contributed by atoms with van der Waals surface area (Å²) in [5.41, 5.74) is 1.31. The fraction of sp³-hybridized carbons (Fsp3) is 0. The Labute approximate surface area is 144 Å². The molecule has 0 saturated heterocycles. The molecule has 0 aliphatic carbocycles. The predicted octanol–water partition coefficient (Wildman–Crippen LogP) is 0.920. The molecule has 0 bridgehead atoms. The second kappa shape index (κ2) is 6.27. The largest absolute Gasteiger partial charge is 0.276 e. The van der Waals surface area contributed by atoms with Crippen molar-refractivity contribution >= 4 is 25.9 Å². The zero-order valence-electron chi connectivity index (χ0n) is 12.6. The van der Waals surface area contributed by atoms with E-state index in [-0.39, 0.29) is 15.6 Å². The van der Waals surface area contributed by atoms with Gasteiger partial charge in [-0.25, -0.2) is 22.0 Å². The van der Waals surface area contributed by atoms with Crippen molar-refractivity contribution in [1.29, 1.82) is 0 Å². The Morgan fingerprint density at radius 1 is 1.00 bits per heavy atom. The standard InChI is InChI=1S/C14H13N5O4S2/c15-24(20,21)11-4-1-5-12(7-11)25(22,23)19-14-8-13(17-18-14)10-3-2-6-16-9-10/h1-9H,(H2,15,20,21)(H2,17,18,19). The van der Waals surface area contributed by atoms with Crippen LogP contribution in [0, 0.1) is 0 Å². The number of rotatable bonds is 5. The van der Waals surface area contributed by atoms with Crippen molar-refractivity contribution in [1.82, 2.24) is 15.2 Å². The number of nitrogens with zero attached hydrogens (tertiary/aromatic N) is 2. The van der Waals surface area contributed by atoms with Crippen LogP contribution in [0.25, 0.3) is 11.3 Å². The molecule has 0 amide bonds. The molecule has 0 aliphatic heterocycles. The smallest absolute Gasteiger partial charge is 0.263 e. The third-order valence-electron chi connectivity index (χ3n) is 3.23. The Kier molecular flexibility index (Phi) is 4.29. The minimum absolute atomic E-state index is 0.0554. The molecule has 4 N–H and O–H groups in total. The van der Waals surface area contributed by atoms with Crippen LogP contribution in [0.4, 0.5) is 5.82 Å². The molecule has 3 aromatic rings. The second-order valence-corrected chi connectivity index (χ2v) is 8.28. The van der Waals surface area contributed by atoms with E-state index in [2.05, 4.69) is 19.9 Å². The number of hydrogen-bond donors (Lipinski definition) is 3. The van der Waals surface area contributed by atoms with E-state index in [1.54, 1.807) is 24.5 Å². The lowest BCUT2D eigenvalue weighted by Gasteiger charge is -2.06. The zero-order chi connectivity index (χ0) is 18.1. The SMILES string of the molecule is NS(=O)(=O)c1cccc(S(=O)(=O)Nc2cc(-c3cccnc3)[nH]n2)c1. The highest BCUT2D eigenvalue weighted by molar-refractivity contribution is 7.92. The van der Waals surface area contributed by atoms with E-state index in [4.69, 9.17) is 5.14 Å². The van der Waals surface area contributed by atoms with Crippen molar-refractivity contribution in [2.45, 2.75) is 9.79 Å². The summed E-state index contributed by atoms with van der Waals surface area (Å²) < 4.78 is 49.8. The number of sulfonamides is 2. The lowest BCUT2D eigenvalue weighted by molar-refractivity contribution is 0.597. The lowest BCUT2D eigenvalue weighted by Crippen LogP contribution is -2.16. The van der Waals surface area contributed by atoms with Gasteiger partial charge in [0.2, 0.25) is 10.0 Å². The van der Waals surface area contributed by atoms with Gasteiger partial charge in [-0.05, 0) is 30.3 Å². The van der Waals surface area contributed by atoms with Crippen molar-refractivity contribution in [2.75, 3.05) is 4.72 Å². The topological polar surface area (TPSA) is 148 Å². The van der Waals surface area contributed by atoms with Gasteiger partial charge in [-0.3, -0.25) is 14.8 Å². The first-order chi connectivity index (χ1) is 11.8. The van der Waals surface area contributed by atoms with Crippen LogP contribution in [0.5, 0.6) is 0 Å². The molecule has 11 heteroatoms. The normalized spacial score (nSPS) is 12.0. The van der Waals surface area contributed by atoms with E-state index < -0.39 is 20.0 Å². The number of pyridine rings is 1. The molecule has 0 aliphatic rings. The quantitative estimate of drug-likeness (QED) is 0.600. The molecule has 1 aromatic carbocycles. The van der Waals surface area contributed by atoms with Gasteiger partial charge in [-0.2, -0.15) is 5.10 Å². The van der Waals surface area contributed by atoms with Gasteiger partial charge in [0.15, 0.2) is 5.82 Å². The molecule has 2 aromatic heterocycles. The van der Waals surface area contributed by atoms with Crippen molar-refractivity contribution in [3.8, 4) is 11.3 Å². The third kappa shape index (κ3) is 3.84. The second-order valence-electron chi connectivity index (χ2n) is 5.03. The van der Waals surface area contributed by atoms with Gasteiger partial charge in [0.1, 0.15) is 0 Å². The minimum atomic E-state index is -4.03. The van der Waals surface area contributed by atoms with Gasteiger partial charge >= 0.3 is 0 Å². The van der Waals surface area contributed by atoms with Gasteiger partial charge in [0.25, 0.3) is 10.0 Å². The molecule has 0 unspecified atom stereocenters. The first-order valence-corrected chi connectivity index (χ1v) is 9.90. The summed E-state index contributed by atoms with van der Waals surface area (Å²) in [7, 11) is -8.04. The van der Waals surface area contributed by atoms with E-state index in [1.165, 1.54) is 24.3 Å². The molecule has 130 valence electrons.